The summed E-state index contributed by atoms with van der Waals surface area (Å²) in [5.74, 6) is 1.51. The van der Waals surface area contributed by atoms with Gasteiger partial charge < -0.3 is 14.5 Å². The zero-order valence-electron chi connectivity index (χ0n) is 15.1. The maximum Gasteiger partial charge on any atom is 0.225 e. The van der Waals surface area contributed by atoms with E-state index < -0.39 is 0 Å². The number of piperidine rings is 2. The molecule has 0 aromatic heterocycles. The van der Waals surface area contributed by atoms with Crippen LogP contribution in [0.1, 0.15) is 52.4 Å². The lowest BCUT2D eigenvalue weighted by Gasteiger charge is -2.37. The molecule has 132 valence electrons. The van der Waals surface area contributed by atoms with Crippen molar-refractivity contribution in [3.05, 3.63) is 0 Å². The lowest BCUT2D eigenvalue weighted by atomic mass is 9.92. The fourth-order valence-corrected chi connectivity index (χ4v) is 4.14. The van der Waals surface area contributed by atoms with Crippen LogP contribution in [-0.2, 0) is 9.53 Å². The lowest BCUT2D eigenvalue weighted by Crippen LogP contribution is -2.46. The van der Waals surface area contributed by atoms with Crippen LogP contribution >= 0.6 is 0 Å². The van der Waals surface area contributed by atoms with Crippen molar-refractivity contribution < 1.29 is 9.53 Å². The van der Waals surface area contributed by atoms with E-state index in [1.807, 2.05) is 0 Å². The van der Waals surface area contributed by atoms with Gasteiger partial charge in [0.25, 0.3) is 0 Å². The summed E-state index contributed by atoms with van der Waals surface area (Å²) in [4.78, 5) is 17.4. The van der Waals surface area contributed by atoms with Crippen LogP contribution in [-0.4, -0.2) is 61.6 Å². The standard InChI is InChI=1S/C19H34N2O2/c1-3-23-15-19(8-9-19)14-20-10-6-17(7-11-20)18(22)21-12-4-16(2)5-13-21/h16-17H,3-15H2,1-2H3. The summed E-state index contributed by atoms with van der Waals surface area (Å²) in [6.45, 7) is 11.5. The molecule has 0 atom stereocenters. The molecule has 4 nitrogen and oxygen atoms in total. The number of hydrogen-bond acceptors (Lipinski definition) is 3. The van der Waals surface area contributed by atoms with Crippen LogP contribution in [0.2, 0.25) is 0 Å². The highest BCUT2D eigenvalue weighted by atomic mass is 16.5. The Morgan fingerprint density at radius 1 is 1.09 bits per heavy atom. The number of carbonyl (C=O) groups excluding carboxylic acids is 1. The van der Waals surface area contributed by atoms with Gasteiger partial charge in [-0.1, -0.05) is 6.92 Å². The molecule has 4 heteroatoms. The van der Waals surface area contributed by atoms with Crippen LogP contribution in [0, 0.1) is 17.3 Å². The van der Waals surface area contributed by atoms with Gasteiger partial charge in [-0.15, -0.1) is 0 Å². The van der Waals surface area contributed by atoms with E-state index >= 15 is 0 Å². The van der Waals surface area contributed by atoms with Crippen LogP contribution in [0.4, 0.5) is 0 Å². The predicted molar refractivity (Wildman–Crippen MR) is 92.3 cm³/mol. The van der Waals surface area contributed by atoms with Gasteiger partial charge in [-0.05, 0) is 64.5 Å². The van der Waals surface area contributed by atoms with Crippen molar-refractivity contribution in [3.63, 3.8) is 0 Å². The second kappa shape index (κ2) is 7.52. The fourth-order valence-electron chi connectivity index (χ4n) is 4.14. The van der Waals surface area contributed by atoms with Gasteiger partial charge in [0.2, 0.25) is 5.91 Å². The molecule has 3 fully saturated rings. The maximum atomic E-state index is 12.7. The molecule has 2 aliphatic heterocycles. The molecule has 3 aliphatic rings. The summed E-state index contributed by atoms with van der Waals surface area (Å²) >= 11 is 0. The molecule has 0 N–H and O–H groups in total. The van der Waals surface area contributed by atoms with Gasteiger partial charge in [0, 0.05) is 37.6 Å². The number of ether oxygens (including phenoxy) is 1. The van der Waals surface area contributed by atoms with Crippen LogP contribution in [0.25, 0.3) is 0 Å². The summed E-state index contributed by atoms with van der Waals surface area (Å²) in [5, 5.41) is 0. The van der Waals surface area contributed by atoms with Crippen molar-refractivity contribution >= 4 is 5.91 Å². The van der Waals surface area contributed by atoms with E-state index in [0.717, 1.165) is 58.2 Å². The first-order valence-electron chi connectivity index (χ1n) is 9.71. The van der Waals surface area contributed by atoms with Gasteiger partial charge in [0.1, 0.15) is 0 Å². The summed E-state index contributed by atoms with van der Waals surface area (Å²) in [5.41, 5.74) is 0.440. The monoisotopic (exact) mass is 322 g/mol. The summed E-state index contributed by atoms with van der Waals surface area (Å²) in [7, 11) is 0. The van der Waals surface area contributed by atoms with Crippen molar-refractivity contribution in [2.75, 3.05) is 45.9 Å². The topological polar surface area (TPSA) is 32.8 Å². The summed E-state index contributed by atoms with van der Waals surface area (Å²) < 4.78 is 5.66. The predicted octanol–water partition coefficient (Wildman–Crippen LogP) is 2.77. The van der Waals surface area contributed by atoms with Gasteiger partial charge in [0.05, 0.1) is 6.61 Å². The van der Waals surface area contributed by atoms with Crippen molar-refractivity contribution in [3.8, 4) is 0 Å². The van der Waals surface area contributed by atoms with Crippen molar-refractivity contribution in [1.82, 2.24) is 9.80 Å². The molecule has 0 spiro atoms. The van der Waals surface area contributed by atoms with Gasteiger partial charge >= 0.3 is 0 Å². The first-order chi connectivity index (χ1) is 11.1. The van der Waals surface area contributed by atoms with E-state index in [-0.39, 0.29) is 5.92 Å². The molecule has 0 bridgehead atoms. The zero-order valence-corrected chi connectivity index (χ0v) is 15.1. The largest absolute Gasteiger partial charge is 0.381 e. The molecule has 0 aromatic carbocycles. The highest BCUT2D eigenvalue weighted by Crippen LogP contribution is 2.46. The minimum atomic E-state index is 0.279. The molecule has 1 saturated carbocycles. The number of nitrogens with zero attached hydrogens (tertiary/aromatic N) is 2. The first-order valence-corrected chi connectivity index (χ1v) is 9.71. The molecule has 2 heterocycles. The Morgan fingerprint density at radius 3 is 2.30 bits per heavy atom. The third-order valence-electron chi connectivity index (χ3n) is 6.16. The average molecular weight is 322 g/mol. The van der Waals surface area contributed by atoms with Crippen LogP contribution in [0.15, 0.2) is 0 Å². The Hall–Kier alpha value is -0.610. The van der Waals surface area contributed by atoms with Crippen molar-refractivity contribution in [2.45, 2.75) is 52.4 Å². The normalized spacial score (nSPS) is 26.4. The minimum Gasteiger partial charge on any atom is -0.381 e. The molecule has 0 unspecified atom stereocenters. The van der Waals surface area contributed by atoms with E-state index in [2.05, 4.69) is 23.6 Å². The smallest absolute Gasteiger partial charge is 0.225 e. The van der Waals surface area contributed by atoms with Crippen molar-refractivity contribution in [2.24, 2.45) is 17.3 Å². The minimum absolute atomic E-state index is 0.279. The SMILES string of the molecule is CCOCC1(CN2CCC(C(=O)N3CCC(C)CC3)CC2)CC1. The quantitative estimate of drug-likeness (QED) is 0.754. The van der Waals surface area contributed by atoms with E-state index in [0.29, 0.717) is 11.3 Å². The second-order valence-corrected chi connectivity index (χ2v) is 8.20. The third kappa shape index (κ3) is 4.48. The van der Waals surface area contributed by atoms with Crippen LogP contribution in [0.5, 0.6) is 0 Å². The molecule has 23 heavy (non-hydrogen) atoms. The molecular formula is C19H34N2O2. The fraction of sp³-hybridized carbons (Fsp3) is 0.947. The van der Waals surface area contributed by atoms with E-state index in [4.69, 9.17) is 4.74 Å². The zero-order chi connectivity index (χ0) is 16.3. The van der Waals surface area contributed by atoms with Gasteiger partial charge in [-0.2, -0.15) is 0 Å². The molecule has 0 radical (unpaired) electrons. The lowest BCUT2D eigenvalue weighted by molar-refractivity contribution is -0.138. The summed E-state index contributed by atoms with van der Waals surface area (Å²) in [6.07, 6.45) is 7.11. The number of hydrogen-bond donors (Lipinski definition) is 0. The Bertz CT molecular complexity index is 392. The molecule has 1 amide bonds. The summed E-state index contributed by atoms with van der Waals surface area (Å²) in [6, 6.07) is 0. The Labute approximate surface area is 141 Å². The molecule has 3 rings (SSSR count). The Morgan fingerprint density at radius 2 is 1.74 bits per heavy atom. The molecular weight excluding hydrogens is 288 g/mol. The first kappa shape index (κ1) is 17.2. The van der Waals surface area contributed by atoms with Crippen LogP contribution in [0.3, 0.4) is 0 Å². The van der Waals surface area contributed by atoms with E-state index in [1.165, 1.54) is 32.2 Å². The van der Waals surface area contributed by atoms with Gasteiger partial charge in [0.15, 0.2) is 0 Å². The maximum absolute atomic E-state index is 12.7. The van der Waals surface area contributed by atoms with Crippen LogP contribution < -0.4 is 0 Å². The Kier molecular flexibility index (Phi) is 5.63. The van der Waals surface area contributed by atoms with E-state index in [1.54, 1.807) is 0 Å². The number of amides is 1. The van der Waals surface area contributed by atoms with E-state index in [9.17, 15) is 4.79 Å². The highest BCUT2D eigenvalue weighted by Gasteiger charge is 2.44. The second-order valence-electron chi connectivity index (χ2n) is 8.20. The number of carbonyl (C=O) groups is 1. The van der Waals surface area contributed by atoms with Crippen molar-refractivity contribution in [1.29, 1.82) is 0 Å². The highest BCUT2D eigenvalue weighted by molar-refractivity contribution is 5.79. The number of rotatable bonds is 6. The molecule has 2 saturated heterocycles. The van der Waals surface area contributed by atoms with Gasteiger partial charge in [-0.25, -0.2) is 0 Å². The third-order valence-corrected chi connectivity index (χ3v) is 6.16. The Balaban J connectivity index is 1.41. The number of likely N-dealkylation sites (tertiary alicyclic amines) is 2. The molecule has 1 aliphatic carbocycles. The van der Waals surface area contributed by atoms with Gasteiger partial charge in [-0.3, -0.25) is 4.79 Å². The average Bonchev–Trinajstić information content (AvgIpc) is 3.33. The molecule has 0 aromatic rings.